The van der Waals surface area contributed by atoms with Crippen LogP contribution in [0.15, 0.2) is 30.3 Å². The molecule has 5 nitrogen and oxygen atoms in total. The first kappa shape index (κ1) is 12.6. The molecule has 0 unspecified atom stereocenters. The van der Waals surface area contributed by atoms with Crippen LogP contribution in [0.5, 0.6) is 0 Å². The fourth-order valence-corrected chi connectivity index (χ4v) is 1.79. The van der Waals surface area contributed by atoms with Gasteiger partial charge in [0.05, 0.1) is 18.0 Å². The van der Waals surface area contributed by atoms with E-state index < -0.39 is 5.97 Å². The van der Waals surface area contributed by atoms with E-state index in [1.807, 2.05) is 0 Å². The summed E-state index contributed by atoms with van der Waals surface area (Å²) in [5, 5.41) is 13.5. The lowest BCUT2D eigenvalue weighted by Crippen LogP contribution is -2.04. The van der Waals surface area contributed by atoms with Crippen LogP contribution in [0.25, 0.3) is 5.69 Å². The number of rotatable bonds is 4. The minimum atomic E-state index is -1.08. The Morgan fingerprint density at radius 3 is 2.89 bits per heavy atom. The quantitative estimate of drug-likeness (QED) is 0.923. The lowest BCUT2D eigenvalue weighted by Gasteiger charge is -2.06. The van der Waals surface area contributed by atoms with Crippen molar-refractivity contribution in [2.45, 2.75) is 6.61 Å². The van der Waals surface area contributed by atoms with E-state index in [1.165, 1.54) is 17.9 Å². The van der Waals surface area contributed by atoms with Gasteiger partial charge in [-0.25, -0.2) is 9.48 Å². The van der Waals surface area contributed by atoms with Crippen LogP contribution in [0.4, 0.5) is 0 Å². The number of ether oxygens (including phenoxy) is 1. The number of carbonyl (C=O) groups is 1. The largest absolute Gasteiger partial charge is 0.476 e. The molecule has 0 saturated heterocycles. The molecule has 0 fully saturated rings. The number of hydrogen-bond acceptors (Lipinski definition) is 3. The van der Waals surface area contributed by atoms with E-state index >= 15 is 0 Å². The fourth-order valence-electron chi connectivity index (χ4n) is 1.61. The lowest BCUT2D eigenvalue weighted by atomic mass is 10.3. The Balaban J connectivity index is 2.51. The smallest absolute Gasteiger partial charge is 0.356 e. The normalized spacial score (nSPS) is 10.6. The first-order chi connectivity index (χ1) is 8.61. The fraction of sp³-hybridized carbons (Fsp3) is 0.167. The summed E-state index contributed by atoms with van der Waals surface area (Å²) in [6.07, 6.45) is 0. The summed E-state index contributed by atoms with van der Waals surface area (Å²) in [5.41, 5.74) is 1.32. The van der Waals surface area contributed by atoms with Gasteiger partial charge >= 0.3 is 5.97 Å². The van der Waals surface area contributed by atoms with Gasteiger partial charge in [-0.2, -0.15) is 5.10 Å². The summed E-state index contributed by atoms with van der Waals surface area (Å²) in [5.74, 6) is -1.08. The minimum Gasteiger partial charge on any atom is -0.476 e. The number of methoxy groups -OCH3 is 1. The third kappa shape index (κ3) is 2.52. The highest BCUT2D eigenvalue weighted by molar-refractivity contribution is 6.30. The Morgan fingerprint density at radius 2 is 2.28 bits per heavy atom. The molecule has 6 heteroatoms. The van der Waals surface area contributed by atoms with Crippen molar-refractivity contribution >= 4 is 17.6 Å². The second-order valence-corrected chi connectivity index (χ2v) is 4.09. The van der Waals surface area contributed by atoms with Gasteiger partial charge in [0.1, 0.15) is 0 Å². The van der Waals surface area contributed by atoms with E-state index in [-0.39, 0.29) is 12.3 Å². The van der Waals surface area contributed by atoms with Crippen LogP contribution >= 0.6 is 11.6 Å². The molecule has 94 valence electrons. The molecule has 0 aliphatic carbocycles. The van der Waals surface area contributed by atoms with E-state index in [4.69, 9.17) is 21.4 Å². The van der Waals surface area contributed by atoms with Gasteiger partial charge in [0.15, 0.2) is 5.69 Å². The standard InChI is InChI=1S/C12H11ClN2O3/c1-18-7-10-6-11(12(16)17)14-15(10)9-4-2-3-8(13)5-9/h2-6H,7H2,1H3,(H,16,17). The van der Waals surface area contributed by atoms with Gasteiger partial charge < -0.3 is 9.84 Å². The molecule has 0 bridgehead atoms. The summed E-state index contributed by atoms with van der Waals surface area (Å²) < 4.78 is 6.54. The van der Waals surface area contributed by atoms with Gasteiger partial charge in [0.2, 0.25) is 0 Å². The topological polar surface area (TPSA) is 64.3 Å². The molecular formula is C12H11ClN2O3. The van der Waals surface area contributed by atoms with Crippen LogP contribution in [0.3, 0.4) is 0 Å². The van der Waals surface area contributed by atoms with Crippen LogP contribution in [0.2, 0.25) is 5.02 Å². The maximum absolute atomic E-state index is 10.9. The van der Waals surface area contributed by atoms with Crippen molar-refractivity contribution in [3.05, 3.63) is 46.7 Å². The molecular weight excluding hydrogens is 256 g/mol. The van der Waals surface area contributed by atoms with Crippen molar-refractivity contribution in [2.24, 2.45) is 0 Å². The average molecular weight is 267 g/mol. The van der Waals surface area contributed by atoms with Crippen LogP contribution in [0, 0.1) is 0 Å². The Bertz CT molecular complexity index is 580. The van der Waals surface area contributed by atoms with Crippen molar-refractivity contribution in [2.75, 3.05) is 7.11 Å². The predicted octanol–water partition coefficient (Wildman–Crippen LogP) is 2.37. The number of carboxylic acids is 1. The number of nitrogens with zero attached hydrogens (tertiary/aromatic N) is 2. The van der Waals surface area contributed by atoms with E-state index in [9.17, 15) is 4.79 Å². The zero-order chi connectivity index (χ0) is 13.1. The maximum atomic E-state index is 10.9. The van der Waals surface area contributed by atoms with E-state index in [0.29, 0.717) is 16.4 Å². The molecule has 0 spiro atoms. The monoisotopic (exact) mass is 266 g/mol. The summed E-state index contributed by atoms with van der Waals surface area (Å²) in [7, 11) is 1.54. The number of halogens is 1. The third-order valence-corrected chi connectivity index (χ3v) is 2.58. The lowest BCUT2D eigenvalue weighted by molar-refractivity contribution is 0.0690. The van der Waals surface area contributed by atoms with E-state index in [2.05, 4.69) is 5.10 Å². The van der Waals surface area contributed by atoms with Gasteiger partial charge in [-0.05, 0) is 24.3 Å². The highest BCUT2D eigenvalue weighted by Gasteiger charge is 2.14. The first-order valence-corrected chi connectivity index (χ1v) is 5.56. The van der Waals surface area contributed by atoms with Crippen molar-refractivity contribution < 1.29 is 14.6 Å². The zero-order valence-electron chi connectivity index (χ0n) is 9.63. The van der Waals surface area contributed by atoms with Crippen LogP contribution in [0.1, 0.15) is 16.2 Å². The zero-order valence-corrected chi connectivity index (χ0v) is 10.4. The molecule has 0 amide bonds. The van der Waals surface area contributed by atoms with Crippen LogP contribution < -0.4 is 0 Å². The van der Waals surface area contributed by atoms with Crippen molar-refractivity contribution in [1.29, 1.82) is 0 Å². The first-order valence-electron chi connectivity index (χ1n) is 5.19. The molecule has 1 heterocycles. The van der Waals surface area contributed by atoms with E-state index in [0.717, 1.165) is 0 Å². The van der Waals surface area contributed by atoms with Gasteiger partial charge in [-0.1, -0.05) is 17.7 Å². The molecule has 18 heavy (non-hydrogen) atoms. The number of hydrogen-bond donors (Lipinski definition) is 1. The van der Waals surface area contributed by atoms with Crippen molar-refractivity contribution in [1.82, 2.24) is 9.78 Å². The second kappa shape index (κ2) is 5.20. The summed E-state index contributed by atoms with van der Waals surface area (Å²) >= 11 is 5.90. The summed E-state index contributed by atoms with van der Waals surface area (Å²) in [4.78, 5) is 10.9. The van der Waals surface area contributed by atoms with Gasteiger partial charge in [0, 0.05) is 12.1 Å². The van der Waals surface area contributed by atoms with Gasteiger partial charge in [-0.15, -0.1) is 0 Å². The number of benzene rings is 1. The molecule has 0 saturated carbocycles. The van der Waals surface area contributed by atoms with Crippen molar-refractivity contribution in [3.8, 4) is 5.69 Å². The average Bonchev–Trinajstić information content (AvgIpc) is 2.74. The molecule has 1 aromatic carbocycles. The molecule has 0 atom stereocenters. The van der Waals surface area contributed by atoms with Gasteiger partial charge in [0.25, 0.3) is 0 Å². The third-order valence-electron chi connectivity index (χ3n) is 2.35. The van der Waals surface area contributed by atoms with Crippen LogP contribution in [-0.4, -0.2) is 28.0 Å². The molecule has 1 aromatic heterocycles. The Kier molecular flexibility index (Phi) is 3.64. The summed E-state index contributed by atoms with van der Waals surface area (Å²) in [6.45, 7) is 0.271. The predicted molar refractivity (Wildman–Crippen MR) is 66.2 cm³/mol. The number of aromatic nitrogens is 2. The van der Waals surface area contributed by atoms with Crippen molar-refractivity contribution in [3.63, 3.8) is 0 Å². The summed E-state index contributed by atoms with van der Waals surface area (Å²) in [6, 6.07) is 8.49. The number of carboxylic acid groups (broad SMARTS) is 1. The molecule has 2 rings (SSSR count). The Hall–Kier alpha value is -1.85. The molecule has 0 radical (unpaired) electrons. The SMILES string of the molecule is COCc1cc(C(=O)O)nn1-c1cccc(Cl)c1. The molecule has 1 N–H and O–H groups in total. The van der Waals surface area contributed by atoms with Gasteiger partial charge in [-0.3, -0.25) is 0 Å². The molecule has 0 aliphatic heterocycles. The minimum absolute atomic E-state index is 0.0259. The maximum Gasteiger partial charge on any atom is 0.356 e. The molecule has 2 aromatic rings. The van der Waals surface area contributed by atoms with E-state index in [1.54, 1.807) is 24.3 Å². The Morgan fingerprint density at radius 1 is 1.50 bits per heavy atom. The second-order valence-electron chi connectivity index (χ2n) is 3.65. The highest BCUT2D eigenvalue weighted by atomic mass is 35.5. The molecule has 0 aliphatic rings. The highest BCUT2D eigenvalue weighted by Crippen LogP contribution is 2.17. The Labute approximate surface area is 109 Å². The number of aromatic carboxylic acids is 1. The van der Waals surface area contributed by atoms with Crippen LogP contribution in [-0.2, 0) is 11.3 Å².